The van der Waals surface area contributed by atoms with Crippen molar-refractivity contribution in [1.29, 1.82) is 0 Å². The van der Waals surface area contributed by atoms with E-state index in [1.165, 1.54) is 4.88 Å². The first-order chi connectivity index (χ1) is 5.29. The number of aryl methyl sites for hydroxylation is 1. The van der Waals surface area contributed by atoms with Crippen molar-refractivity contribution in [2.45, 2.75) is 6.92 Å². The van der Waals surface area contributed by atoms with Crippen LogP contribution in [0.25, 0.3) is 10.2 Å². The number of hydrogen-bond acceptors (Lipinski definition) is 3. The van der Waals surface area contributed by atoms with Crippen LogP contribution < -0.4 is 0 Å². The van der Waals surface area contributed by atoms with Gasteiger partial charge in [-0.3, -0.25) is 0 Å². The number of aromatic nitrogens is 2. The molecular formula is C7H5BrN2S. The monoisotopic (exact) mass is 228 g/mol. The van der Waals surface area contributed by atoms with Crippen molar-refractivity contribution in [3.8, 4) is 0 Å². The molecule has 0 radical (unpaired) electrons. The number of fused-ring (bicyclic) bond motifs is 1. The summed E-state index contributed by atoms with van der Waals surface area (Å²) in [5.74, 6) is 0. The number of thiophene rings is 1. The lowest BCUT2D eigenvalue weighted by Crippen LogP contribution is -1.73. The van der Waals surface area contributed by atoms with Gasteiger partial charge in [-0.25, -0.2) is 9.97 Å². The molecular weight excluding hydrogens is 224 g/mol. The predicted octanol–water partition coefficient (Wildman–Crippen LogP) is 2.76. The topological polar surface area (TPSA) is 25.8 Å². The minimum absolute atomic E-state index is 1.05. The molecule has 0 aliphatic heterocycles. The maximum Gasteiger partial charge on any atom is 0.128 e. The molecule has 2 aromatic heterocycles. The molecule has 0 aliphatic rings. The highest BCUT2D eigenvalue weighted by molar-refractivity contribution is 9.10. The van der Waals surface area contributed by atoms with Gasteiger partial charge in [0.2, 0.25) is 0 Å². The van der Waals surface area contributed by atoms with Crippen LogP contribution in [0.3, 0.4) is 0 Å². The fourth-order valence-electron chi connectivity index (χ4n) is 0.930. The molecule has 56 valence electrons. The van der Waals surface area contributed by atoms with Gasteiger partial charge in [-0.1, -0.05) is 0 Å². The lowest BCUT2D eigenvalue weighted by molar-refractivity contribution is 1.23. The third-order valence-electron chi connectivity index (χ3n) is 1.47. The lowest BCUT2D eigenvalue weighted by atomic mass is 10.4. The molecule has 0 saturated carbocycles. The van der Waals surface area contributed by atoms with Crippen molar-refractivity contribution in [3.63, 3.8) is 0 Å². The Bertz CT molecular complexity index is 396. The standard InChI is InChI=1S/C7H5BrN2S/c1-4-6(8)5-2-9-3-10-7(5)11-4/h2-3H,1H3. The van der Waals surface area contributed by atoms with Crippen LogP contribution in [0.15, 0.2) is 17.0 Å². The van der Waals surface area contributed by atoms with Gasteiger partial charge in [0.05, 0.1) is 0 Å². The molecule has 0 atom stereocenters. The fourth-order valence-corrected chi connectivity index (χ4v) is 2.45. The molecule has 11 heavy (non-hydrogen) atoms. The molecule has 0 bridgehead atoms. The lowest BCUT2D eigenvalue weighted by Gasteiger charge is -1.85. The van der Waals surface area contributed by atoms with Gasteiger partial charge in [-0.05, 0) is 22.9 Å². The van der Waals surface area contributed by atoms with Crippen molar-refractivity contribution in [1.82, 2.24) is 9.97 Å². The van der Waals surface area contributed by atoms with Crippen LogP contribution >= 0.6 is 27.3 Å². The molecule has 2 nitrogen and oxygen atoms in total. The van der Waals surface area contributed by atoms with Crippen molar-refractivity contribution in [2.24, 2.45) is 0 Å². The highest BCUT2D eigenvalue weighted by Crippen LogP contribution is 2.32. The maximum absolute atomic E-state index is 4.14. The summed E-state index contributed by atoms with van der Waals surface area (Å²) in [7, 11) is 0. The van der Waals surface area contributed by atoms with E-state index in [-0.39, 0.29) is 0 Å². The third-order valence-corrected chi connectivity index (χ3v) is 3.78. The Morgan fingerprint density at radius 3 is 3.09 bits per heavy atom. The fraction of sp³-hybridized carbons (Fsp3) is 0.143. The summed E-state index contributed by atoms with van der Waals surface area (Å²) in [6.45, 7) is 2.07. The Kier molecular flexibility index (Phi) is 1.65. The first kappa shape index (κ1) is 7.18. The van der Waals surface area contributed by atoms with Crippen LogP contribution in [-0.4, -0.2) is 9.97 Å². The highest BCUT2D eigenvalue weighted by atomic mass is 79.9. The molecule has 2 rings (SSSR count). The maximum atomic E-state index is 4.14. The summed E-state index contributed by atoms with van der Waals surface area (Å²) in [6, 6.07) is 0. The highest BCUT2D eigenvalue weighted by Gasteiger charge is 2.05. The van der Waals surface area contributed by atoms with Gasteiger partial charge in [-0.15, -0.1) is 11.3 Å². The average Bonchev–Trinajstić information content (AvgIpc) is 2.30. The Balaban J connectivity index is 2.92. The Hall–Kier alpha value is -0.480. The molecule has 0 N–H and O–H groups in total. The largest absolute Gasteiger partial charge is 0.244 e. The van der Waals surface area contributed by atoms with E-state index < -0.39 is 0 Å². The van der Waals surface area contributed by atoms with Gasteiger partial charge in [0, 0.05) is 20.9 Å². The van der Waals surface area contributed by atoms with E-state index in [0.29, 0.717) is 0 Å². The van der Waals surface area contributed by atoms with Crippen LogP contribution in [0.5, 0.6) is 0 Å². The second-order valence-corrected chi connectivity index (χ2v) is 4.21. The Morgan fingerprint density at radius 2 is 2.36 bits per heavy atom. The molecule has 0 unspecified atom stereocenters. The van der Waals surface area contributed by atoms with E-state index in [4.69, 9.17) is 0 Å². The van der Waals surface area contributed by atoms with Crippen LogP contribution in [0.1, 0.15) is 4.88 Å². The van der Waals surface area contributed by atoms with Crippen LogP contribution in [0, 0.1) is 6.92 Å². The van der Waals surface area contributed by atoms with Gasteiger partial charge in [0.1, 0.15) is 11.2 Å². The van der Waals surface area contributed by atoms with Crippen LogP contribution in [0.4, 0.5) is 0 Å². The van der Waals surface area contributed by atoms with E-state index in [1.54, 1.807) is 17.7 Å². The van der Waals surface area contributed by atoms with E-state index in [0.717, 1.165) is 14.7 Å². The summed E-state index contributed by atoms with van der Waals surface area (Å²) in [5, 5.41) is 1.11. The summed E-state index contributed by atoms with van der Waals surface area (Å²) in [6.07, 6.45) is 3.40. The quantitative estimate of drug-likeness (QED) is 0.694. The number of hydrogen-bond donors (Lipinski definition) is 0. The van der Waals surface area contributed by atoms with Crippen LogP contribution in [-0.2, 0) is 0 Å². The van der Waals surface area contributed by atoms with E-state index >= 15 is 0 Å². The van der Waals surface area contributed by atoms with Gasteiger partial charge >= 0.3 is 0 Å². The van der Waals surface area contributed by atoms with Crippen molar-refractivity contribution in [2.75, 3.05) is 0 Å². The van der Waals surface area contributed by atoms with E-state index in [9.17, 15) is 0 Å². The summed E-state index contributed by atoms with van der Waals surface area (Å²) in [4.78, 5) is 10.4. The molecule has 0 aromatic carbocycles. The zero-order chi connectivity index (χ0) is 7.84. The second-order valence-electron chi connectivity index (χ2n) is 2.21. The zero-order valence-electron chi connectivity index (χ0n) is 5.84. The van der Waals surface area contributed by atoms with Gasteiger partial charge < -0.3 is 0 Å². The van der Waals surface area contributed by atoms with Crippen molar-refractivity contribution >= 4 is 37.5 Å². The third kappa shape index (κ3) is 1.06. The minimum atomic E-state index is 1.05. The summed E-state index contributed by atoms with van der Waals surface area (Å²) in [5.41, 5.74) is 0. The summed E-state index contributed by atoms with van der Waals surface area (Å²) < 4.78 is 1.12. The van der Waals surface area contributed by atoms with Gasteiger partial charge in [0.25, 0.3) is 0 Å². The first-order valence-electron chi connectivity index (χ1n) is 3.13. The smallest absolute Gasteiger partial charge is 0.128 e. The van der Waals surface area contributed by atoms with Crippen LogP contribution in [0.2, 0.25) is 0 Å². The first-order valence-corrected chi connectivity index (χ1v) is 4.74. The second kappa shape index (κ2) is 2.53. The number of nitrogens with zero attached hydrogens (tertiary/aromatic N) is 2. The molecule has 4 heteroatoms. The van der Waals surface area contributed by atoms with Crippen molar-refractivity contribution < 1.29 is 0 Å². The molecule has 2 heterocycles. The van der Waals surface area contributed by atoms with Gasteiger partial charge in [-0.2, -0.15) is 0 Å². The molecule has 0 aliphatic carbocycles. The van der Waals surface area contributed by atoms with Gasteiger partial charge in [0.15, 0.2) is 0 Å². The minimum Gasteiger partial charge on any atom is -0.244 e. The zero-order valence-corrected chi connectivity index (χ0v) is 8.24. The van der Waals surface area contributed by atoms with Crippen molar-refractivity contribution in [3.05, 3.63) is 21.9 Å². The molecule has 0 spiro atoms. The summed E-state index contributed by atoms with van der Waals surface area (Å²) >= 11 is 5.16. The van der Waals surface area contributed by atoms with E-state index in [1.807, 2.05) is 6.20 Å². The predicted molar refractivity (Wildman–Crippen MR) is 49.9 cm³/mol. The number of halogens is 1. The Labute approximate surface area is 76.4 Å². The number of rotatable bonds is 0. The molecule has 0 amide bonds. The molecule has 0 saturated heterocycles. The average molecular weight is 229 g/mol. The molecule has 0 fully saturated rings. The Morgan fingerprint density at radius 1 is 1.55 bits per heavy atom. The SMILES string of the molecule is Cc1sc2ncncc2c1Br. The van der Waals surface area contributed by atoms with E-state index in [2.05, 4.69) is 32.8 Å². The normalized spacial score (nSPS) is 10.7. The molecule has 2 aromatic rings.